The Labute approximate surface area is 107 Å². The summed E-state index contributed by atoms with van der Waals surface area (Å²) in [5.41, 5.74) is 4.56. The van der Waals surface area contributed by atoms with E-state index >= 15 is 0 Å². The Morgan fingerprint density at radius 2 is 1.82 bits per heavy atom. The molecule has 96 valence electrons. The fraction of sp³-hybridized carbons (Fsp3) is 0.625. The molecule has 0 aliphatic heterocycles. The highest BCUT2D eigenvalue weighted by Crippen LogP contribution is 2.24. The van der Waals surface area contributed by atoms with Gasteiger partial charge in [-0.1, -0.05) is 52.8 Å². The predicted molar refractivity (Wildman–Crippen MR) is 76.7 cm³/mol. The van der Waals surface area contributed by atoms with E-state index in [0.29, 0.717) is 6.04 Å². The Kier molecular flexibility index (Phi) is 4.76. The highest BCUT2D eigenvalue weighted by molar-refractivity contribution is 5.34. The van der Waals surface area contributed by atoms with Crippen molar-refractivity contribution in [3.05, 3.63) is 34.9 Å². The van der Waals surface area contributed by atoms with Gasteiger partial charge in [-0.3, -0.25) is 0 Å². The summed E-state index contributed by atoms with van der Waals surface area (Å²) in [7, 11) is 0. The first-order valence-corrected chi connectivity index (χ1v) is 6.64. The topological polar surface area (TPSA) is 12.0 Å². The molecular weight excluding hydrogens is 206 g/mol. The van der Waals surface area contributed by atoms with Crippen LogP contribution in [0.15, 0.2) is 18.2 Å². The molecule has 1 rings (SSSR count). The molecule has 0 radical (unpaired) electrons. The van der Waals surface area contributed by atoms with Crippen LogP contribution in [0.4, 0.5) is 0 Å². The molecule has 1 aromatic rings. The molecule has 0 saturated heterocycles. The van der Waals surface area contributed by atoms with Crippen LogP contribution < -0.4 is 5.32 Å². The van der Waals surface area contributed by atoms with E-state index in [1.807, 2.05) is 0 Å². The second kappa shape index (κ2) is 5.68. The Morgan fingerprint density at radius 3 is 2.29 bits per heavy atom. The summed E-state index contributed by atoms with van der Waals surface area (Å²) in [5.74, 6) is 0. The van der Waals surface area contributed by atoms with Gasteiger partial charge in [-0.25, -0.2) is 0 Å². The summed E-state index contributed by atoms with van der Waals surface area (Å²) in [6.45, 7) is 14.5. The molecule has 1 heteroatoms. The average Bonchev–Trinajstić information content (AvgIpc) is 2.18. The summed E-state index contributed by atoms with van der Waals surface area (Å²) in [6.07, 6.45) is 1.12. The van der Waals surface area contributed by atoms with Crippen LogP contribution in [0.2, 0.25) is 0 Å². The van der Waals surface area contributed by atoms with Gasteiger partial charge >= 0.3 is 0 Å². The maximum atomic E-state index is 3.47. The van der Waals surface area contributed by atoms with Crippen molar-refractivity contribution in [2.24, 2.45) is 0 Å². The second-order valence-electron chi connectivity index (χ2n) is 6.25. The van der Waals surface area contributed by atoms with Crippen LogP contribution in [-0.4, -0.2) is 12.6 Å². The lowest BCUT2D eigenvalue weighted by atomic mass is 9.85. The highest BCUT2D eigenvalue weighted by Gasteiger charge is 2.14. The molecule has 1 N–H and O–H groups in total. The van der Waals surface area contributed by atoms with Crippen LogP contribution in [0, 0.1) is 6.92 Å². The van der Waals surface area contributed by atoms with E-state index in [9.17, 15) is 0 Å². The van der Waals surface area contributed by atoms with E-state index in [0.717, 1.165) is 13.0 Å². The van der Waals surface area contributed by atoms with Gasteiger partial charge in [-0.2, -0.15) is 0 Å². The quantitative estimate of drug-likeness (QED) is 0.833. The van der Waals surface area contributed by atoms with Gasteiger partial charge in [-0.05, 0) is 42.0 Å². The second-order valence-corrected chi connectivity index (χ2v) is 6.25. The minimum absolute atomic E-state index is 0.249. The summed E-state index contributed by atoms with van der Waals surface area (Å²) in [6, 6.07) is 7.48. The maximum absolute atomic E-state index is 3.47. The van der Waals surface area contributed by atoms with Crippen molar-refractivity contribution in [2.45, 2.75) is 59.4 Å². The number of hydrogen-bond acceptors (Lipinski definition) is 1. The highest BCUT2D eigenvalue weighted by atomic mass is 14.9. The predicted octanol–water partition coefficient (Wildman–Crippen LogP) is 3.83. The molecule has 0 atom stereocenters. The zero-order valence-corrected chi connectivity index (χ0v) is 12.2. The Hall–Kier alpha value is -0.820. The van der Waals surface area contributed by atoms with Crippen LogP contribution >= 0.6 is 0 Å². The smallest absolute Gasteiger partial charge is 0.00105 e. The number of aryl methyl sites for hydroxylation is 1. The first-order valence-electron chi connectivity index (χ1n) is 6.64. The number of hydrogen-bond donors (Lipinski definition) is 1. The summed E-state index contributed by atoms with van der Waals surface area (Å²) in [5, 5.41) is 3.47. The van der Waals surface area contributed by atoms with E-state index in [-0.39, 0.29) is 5.41 Å². The monoisotopic (exact) mass is 233 g/mol. The van der Waals surface area contributed by atoms with Crippen molar-refractivity contribution < 1.29 is 0 Å². The van der Waals surface area contributed by atoms with Gasteiger partial charge < -0.3 is 5.32 Å². The Bertz CT molecular complexity index is 358. The standard InChI is InChI=1S/C16H27N/c1-12(2)17-10-9-14-7-8-15(11-13(14)3)16(4,5)6/h7-8,11-12,17H,9-10H2,1-6H3. The van der Waals surface area contributed by atoms with Gasteiger partial charge in [0.15, 0.2) is 0 Å². The Morgan fingerprint density at radius 1 is 1.18 bits per heavy atom. The van der Waals surface area contributed by atoms with E-state index in [1.54, 1.807) is 0 Å². The van der Waals surface area contributed by atoms with E-state index in [2.05, 4.69) is 65.1 Å². The molecule has 0 spiro atoms. The maximum Gasteiger partial charge on any atom is 0.00105 e. The zero-order chi connectivity index (χ0) is 13.1. The lowest BCUT2D eigenvalue weighted by Crippen LogP contribution is -2.25. The third-order valence-electron chi connectivity index (χ3n) is 3.16. The summed E-state index contributed by atoms with van der Waals surface area (Å²) >= 11 is 0. The van der Waals surface area contributed by atoms with Crippen molar-refractivity contribution in [2.75, 3.05) is 6.54 Å². The first kappa shape index (κ1) is 14.2. The van der Waals surface area contributed by atoms with Crippen LogP contribution in [-0.2, 0) is 11.8 Å². The fourth-order valence-corrected chi connectivity index (χ4v) is 1.94. The largest absolute Gasteiger partial charge is 0.314 e. The molecule has 0 fully saturated rings. The zero-order valence-electron chi connectivity index (χ0n) is 12.2. The molecule has 0 aliphatic rings. The summed E-state index contributed by atoms with van der Waals surface area (Å²) in [4.78, 5) is 0. The normalized spacial score (nSPS) is 12.2. The molecule has 1 nitrogen and oxygen atoms in total. The minimum atomic E-state index is 0.249. The molecule has 0 aromatic heterocycles. The van der Waals surface area contributed by atoms with Crippen LogP contribution in [0.25, 0.3) is 0 Å². The number of nitrogens with one attached hydrogen (secondary N) is 1. The minimum Gasteiger partial charge on any atom is -0.314 e. The van der Waals surface area contributed by atoms with Crippen molar-refractivity contribution in [3.8, 4) is 0 Å². The first-order chi connectivity index (χ1) is 7.80. The van der Waals surface area contributed by atoms with E-state index < -0.39 is 0 Å². The van der Waals surface area contributed by atoms with Crippen LogP contribution in [0.1, 0.15) is 51.3 Å². The number of benzene rings is 1. The van der Waals surface area contributed by atoms with Gasteiger partial charge in [0, 0.05) is 6.04 Å². The third kappa shape index (κ3) is 4.51. The van der Waals surface area contributed by atoms with Crippen LogP contribution in [0.3, 0.4) is 0 Å². The number of rotatable bonds is 4. The average molecular weight is 233 g/mol. The van der Waals surface area contributed by atoms with E-state index in [1.165, 1.54) is 16.7 Å². The van der Waals surface area contributed by atoms with Gasteiger partial charge in [0.2, 0.25) is 0 Å². The van der Waals surface area contributed by atoms with Gasteiger partial charge in [0.25, 0.3) is 0 Å². The van der Waals surface area contributed by atoms with Crippen LogP contribution in [0.5, 0.6) is 0 Å². The molecule has 0 saturated carbocycles. The molecular formula is C16H27N. The fourth-order valence-electron chi connectivity index (χ4n) is 1.94. The molecule has 0 aliphatic carbocycles. The van der Waals surface area contributed by atoms with Crippen molar-refractivity contribution >= 4 is 0 Å². The van der Waals surface area contributed by atoms with Gasteiger partial charge in [0.1, 0.15) is 0 Å². The molecule has 1 aromatic carbocycles. The SMILES string of the molecule is Cc1cc(C(C)(C)C)ccc1CCNC(C)C. The van der Waals surface area contributed by atoms with E-state index in [4.69, 9.17) is 0 Å². The lowest BCUT2D eigenvalue weighted by molar-refractivity contribution is 0.584. The molecule has 17 heavy (non-hydrogen) atoms. The molecule has 0 heterocycles. The van der Waals surface area contributed by atoms with Gasteiger partial charge in [-0.15, -0.1) is 0 Å². The molecule has 0 amide bonds. The van der Waals surface area contributed by atoms with Gasteiger partial charge in [0.05, 0.1) is 0 Å². The lowest BCUT2D eigenvalue weighted by Gasteiger charge is -2.20. The molecule has 0 bridgehead atoms. The summed E-state index contributed by atoms with van der Waals surface area (Å²) < 4.78 is 0. The Balaban J connectivity index is 2.70. The molecule has 0 unspecified atom stereocenters. The van der Waals surface area contributed by atoms with Crippen molar-refractivity contribution in [3.63, 3.8) is 0 Å². The third-order valence-corrected chi connectivity index (χ3v) is 3.16. The van der Waals surface area contributed by atoms with Crippen molar-refractivity contribution in [1.29, 1.82) is 0 Å². The van der Waals surface area contributed by atoms with Crippen molar-refractivity contribution in [1.82, 2.24) is 5.32 Å².